The number of carbonyl (C=O) groups excluding carboxylic acids is 1. The van der Waals surface area contributed by atoms with Crippen molar-refractivity contribution in [2.24, 2.45) is 0 Å². The summed E-state index contributed by atoms with van der Waals surface area (Å²) in [5.41, 5.74) is 1.45. The Kier molecular flexibility index (Phi) is 5.08. The summed E-state index contributed by atoms with van der Waals surface area (Å²) in [6, 6.07) is 13.6. The Hall–Kier alpha value is -2.64. The van der Waals surface area contributed by atoms with Crippen LogP contribution in [0, 0.1) is 17.7 Å². The zero-order valence-electron chi connectivity index (χ0n) is 11.3. The summed E-state index contributed by atoms with van der Waals surface area (Å²) < 4.78 is 13.7. The maximum absolute atomic E-state index is 13.7. The highest BCUT2D eigenvalue weighted by molar-refractivity contribution is 5.92. The lowest BCUT2D eigenvalue weighted by molar-refractivity contribution is -0.115. The van der Waals surface area contributed by atoms with Crippen LogP contribution < -0.4 is 5.32 Å². The van der Waals surface area contributed by atoms with E-state index in [9.17, 15) is 9.18 Å². The molecular formula is C17H14FNO2. The molecule has 0 fully saturated rings. The molecule has 0 radical (unpaired) electrons. The Morgan fingerprint density at radius 2 is 1.95 bits per heavy atom. The van der Waals surface area contributed by atoms with Gasteiger partial charge in [0.05, 0.1) is 12.0 Å². The van der Waals surface area contributed by atoms with Crippen LogP contribution in [0.25, 0.3) is 0 Å². The van der Waals surface area contributed by atoms with Crippen LogP contribution in [0.1, 0.15) is 11.1 Å². The summed E-state index contributed by atoms with van der Waals surface area (Å²) in [4.78, 5) is 11.9. The highest BCUT2D eigenvalue weighted by Gasteiger charge is 2.06. The quantitative estimate of drug-likeness (QED) is 0.850. The van der Waals surface area contributed by atoms with Crippen molar-refractivity contribution in [3.05, 3.63) is 65.5 Å². The summed E-state index contributed by atoms with van der Waals surface area (Å²) in [5.74, 6) is 4.12. The molecule has 0 saturated heterocycles. The molecule has 0 heterocycles. The second kappa shape index (κ2) is 7.22. The highest BCUT2D eigenvalue weighted by Crippen LogP contribution is 2.14. The molecule has 2 rings (SSSR count). The summed E-state index contributed by atoms with van der Waals surface area (Å²) in [5, 5.41) is 11.2. The maximum Gasteiger partial charge on any atom is 0.228 e. The molecule has 0 aliphatic heterocycles. The van der Waals surface area contributed by atoms with Crippen LogP contribution in [-0.2, 0) is 11.2 Å². The molecule has 2 aromatic carbocycles. The lowest BCUT2D eigenvalue weighted by Crippen LogP contribution is -2.14. The number of benzene rings is 2. The molecule has 106 valence electrons. The van der Waals surface area contributed by atoms with Crippen molar-refractivity contribution in [2.45, 2.75) is 6.42 Å². The normalized spacial score (nSPS) is 9.62. The van der Waals surface area contributed by atoms with Crippen LogP contribution >= 0.6 is 0 Å². The van der Waals surface area contributed by atoms with Gasteiger partial charge in [-0.1, -0.05) is 42.2 Å². The van der Waals surface area contributed by atoms with Gasteiger partial charge in [0.15, 0.2) is 0 Å². The topological polar surface area (TPSA) is 49.3 Å². The van der Waals surface area contributed by atoms with Crippen LogP contribution in [0.2, 0.25) is 0 Å². The molecule has 0 bridgehead atoms. The van der Waals surface area contributed by atoms with Gasteiger partial charge in [-0.15, -0.1) is 0 Å². The van der Waals surface area contributed by atoms with Crippen LogP contribution in [0.15, 0.2) is 48.5 Å². The first-order valence-electron chi connectivity index (χ1n) is 6.42. The van der Waals surface area contributed by atoms with Crippen molar-refractivity contribution in [1.82, 2.24) is 0 Å². The minimum Gasteiger partial charge on any atom is -0.384 e. The lowest BCUT2D eigenvalue weighted by Gasteiger charge is -2.06. The molecule has 2 aromatic rings. The summed E-state index contributed by atoms with van der Waals surface area (Å²) in [7, 11) is 0. The Balaban J connectivity index is 2.03. The van der Waals surface area contributed by atoms with Gasteiger partial charge in [-0.2, -0.15) is 0 Å². The second-order valence-corrected chi connectivity index (χ2v) is 4.37. The number of nitrogens with one attached hydrogen (secondary N) is 1. The Bertz CT molecular complexity index is 687. The average molecular weight is 283 g/mol. The predicted octanol–water partition coefficient (Wildman–Crippen LogP) is 2.35. The molecule has 21 heavy (non-hydrogen) atoms. The number of hydrogen-bond acceptors (Lipinski definition) is 2. The number of aliphatic hydroxyl groups excluding tert-OH is 1. The van der Waals surface area contributed by atoms with E-state index >= 15 is 0 Å². The van der Waals surface area contributed by atoms with Gasteiger partial charge in [0, 0.05) is 5.69 Å². The molecule has 0 aliphatic rings. The number of rotatable bonds is 3. The standard InChI is InChI=1S/C17H14FNO2/c18-16-12-15(9-8-14(16)7-4-10-20)19-17(21)11-13-5-2-1-3-6-13/h1-3,5-6,8-9,12,20H,10-11H2,(H,19,21). The van der Waals surface area contributed by atoms with Gasteiger partial charge in [-0.25, -0.2) is 4.39 Å². The predicted molar refractivity (Wildman–Crippen MR) is 79.1 cm³/mol. The second-order valence-electron chi connectivity index (χ2n) is 4.37. The zero-order chi connectivity index (χ0) is 15.1. The van der Waals surface area contributed by atoms with Gasteiger partial charge in [0.2, 0.25) is 5.91 Å². The Morgan fingerprint density at radius 3 is 2.62 bits per heavy atom. The SMILES string of the molecule is O=C(Cc1ccccc1)Nc1ccc(C#CCO)c(F)c1. The van der Waals surface area contributed by atoms with Crippen molar-refractivity contribution in [1.29, 1.82) is 0 Å². The molecule has 2 N–H and O–H groups in total. The van der Waals surface area contributed by atoms with E-state index in [-0.39, 0.29) is 24.5 Å². The monoisotopic (exact) mass is 283 g/mol. The minimum absolute atomic E-state index is 0.185. The van der Waals surface area contributed by atoms with E-state index in [0.29, 0.717) is 5.69 Å². The van der Waals surface area contributed by atoms with Crippen molar-refractivity contribution in [2.75, 3.05) is 11.9 Å². The summed E-state index contributed by atoms with van der Waals surface area (Å²) in [6.07, 6.45) is 0.231. The first kappa shape index (κ1) is 14.8. The van der Waals surface area contributed by atoms with Crippen molar-refractivity contribution in [3.63, 3.8) is 0 Å². The van der Waals surface area contributed by atoms with Gasteiger partial charge >= 0.3 is 0 Å². The third kappa shape index (κ3) is 4.44. The Labute approximate surface area is 122 Å². The van der Waals surface area contributed by atoms with E-state index < -0.39 is 5.82 Å². The van der Waals surface area contributed by atoms with Crippen LogP contribution in [0.4, 0.5) is 10.1 Å². The molecule has 0 unspecified atom stereocenters. The van der Waals surface area contributed by atoms with Gasteiger partial charge in [-0.3, -0.25) is 4.79 Å². The third-order valence-electron chi connectivity index (χ3n) is 2.76. The van der Waals surface area contributed by atoms with Gasteiger partial charge in [0.25, 0.3) is 0 Å². The van der Waals surface area contributed by atoms with Gasteiger partial charge in [0.1, 0.15) is 12.4 Å². The van der Waals surface area contributed by atoms with Crippen molar-refractivity contribution < 1.29 is 14.3 Å². The first-order chi connectivity index (χ1) is 10.2. The molecule has 1 amide bonds. The molecule has 0 saturated carbocycles. The molecule has 3 nitrogen and oxygen atoms in total. The van der Waals surface area contributed by atoms with Crippen molar-refractivity contribution >= 4 is 11.6 Å². The minimum atomic E-state index is -0.534. The van der Waals surface area contributed by atoms with E-state index in [1.165, 1.54) is 12.1 Å². The fourth-order valence-corrected chi connectivity index (χ4v) is 1.82. The molecule has 0 aliphatic carbocycles. The Morgan fingerprint density at radius 1 is 1.19 bits per heavy atom. The number of amides is 1. The van der Waals surface area contributed by atoms with Crippen LogP contribution in [-0.4, -0.2) is 17.6 Å². The van der Waals surface area contributed by atoms with E-state index in [2.05, 4.69) is 17.2 Å². The fourth-order valence-electron chi connectivity index (χ4n) is 1.82. The fraction of sp³-hybridized carbons (Fsp3) is 0.118. The molecule has 0 aromatic heterocycles. The molecule has 4 heteroatoms. The number of anilines is 1. The van der Waals surface area contributed by atoms with E-state index in [4.69, 9.17) is 5.11 Å². The van der Waals surface area contributed by atoms with Crippen molar-refractivity contribution in [3.8, 4) is 11.8 Å². The molecular weight excluding hydrogens is 269 g/mol. The highest BCUT2D eigenvalue weighted by atomic mass is 19.1. The van der Waals surface area contributed by atoms with E-state index in [0.717, 1.165) is 5.56 Å². The lowest BCUT2D eigenvalue weighted by atomic mass is 10.1. The molecule has 0 atom stereocenters. The number of carbonyl (C=O) groups is 1. The number of hydrogen-bond donors (Lipinski definition) is 2. The van der Waals surface area contributed by atoms with Crippen LogP contribution in [0.3, 0.4) is 0 Å². The average Bonchev–Trinajstić information content (AvgIpc) is 2.47. The molecule has 0 spiro atoms. The third-order valence-corrected chi connectivity index (χ3v) is 2.76. The summed E-state index contributed by atoms with van der Waals surface area (Å²) in [6.45, 7) is -0.324. The zero-order valence-corrected chi connectivity index (χ0v) is 11.3. The van der Waals surface area contributed by atoms with E-state index in [1.54, 1.807) is 6.07 Å². The number of halogens is 1. The maximum atomic E-state index is 13.7. The van der Waals surface area contributed by atoms with E-state index in [1.807, 2.05) is 30.3 Å². The summed E-state index contributed by atoms with van der Waals surface area (Å²) >= 11 is 0. The van der Waals surface area contributed by atoms with Gasteiger partial charge < -0.3 is 10.4 Å². The smallest absolute Gasteiger partial charge is 0.228 e. The van der Waals surface area contributed by atoms with Crippen LogP contribution in [0.5, 0.6) is 0 Å². The first-order valence-corrected chi connectivity index (χ1v) is 6.42. The van der Waals surface area contributed by atoms with Gasteiger partial charge in [-0.05, 0) is 23.8 Å². The largest absolute Gasteiger partial charge is 0.384 e. The number of aliphatic hydroxyl groups is 1.